The number of hydrogen-bond acceptors (Lipinski definition) is 5. The number of sulfonamides is 1. The van der Waals surface area contributed by atoms with E-state index in [-0.39, 0.29) is 11.4 Å². The average Bonchev–Trinajstić information content (AvgIpc) is 2.97. The summed E-state index contributed by atoms with van der Waals surface area (Å²) in [5, 5.41) is 1.62. The zero-order valence-corrected chi connectivity index (χ0v) is 13.6. The number of nitrogens with two attached hydrogens (primary N) is 1. The quantitative estimate of drug-likeness (QED) is 0.881. The number of hydrogen-bond donors (Lipinski definition) is 1. The molecule has 1 heterocycles. The molecule has 7 heteroatoms. The molecule has 0 fully saturated rings. The molecule has 0 saturated heterocycles. The van der Waals surface area contributed by atoms with Crippen LogP contribution >= 0.6 is 11.3 Å². The van der Waals surface area contributed by atoms with E-state index in [0.717, 1.165) is 10.4 Å². The fraction of sp³-hybridized carbons (Fsp3) is 0.286. The van der Waals surface area contributed by atoms with Gasteiger partial charge in [0.25, 0.3) is 0 Å². The lowest BCUT2D eigenvalue weighted by molar-refractivity contribution is 0.398. The third-order valence-corrected chi connectivity index (χ3v) is 6.01. The van der Waals surface area contributed by atoms with E-state index in [9.17, 15) is 8.42 Å². The van der Waals surface area contributed by atoms with Crippen LogP contribution < -0.4 is 10.5 Å². The molecular weight excluding hydrogens is 308 g/mol. The molecule has 0 spiro atoms. The third-order valence-electron chi connectivity index (χ3n) is 3.12. The Bertz CT molecular complexity index is 711. The van der Waals surface area contributed by atoms with Crippen LogP contribution in [0, 0.1) is 0 Å². The number of rotatable bonds is 6. The predicted octanol–water partition coefficient (Wildman–Crippen LogP) is 2.04. The molecule has 0 saturated carbocycles. The van der Waals surface area contributed by atoms with Gasteiger partial charge in [-0.05, 0) is 12.1 Å². The second kappa shape index (κ2) is 6.57. The van der Waals surface area contributed by atoms with Crippen LogP contribution in [0.4, 0.5) is 0 Å². The predicted molar refractivity (Wildman–Crippen MR) is 83.9 cm³/mol. The molecular formula is C14H18N2O3S2. The molecule has 0 aliphatic heterocycles. The Hall–Kier alpha value is -1.41. The minimum Gasteiger partial charge on any atom is -0.496 e. The van der Waals surface area contributed by atoms with Crippen LogP contribution in [0.25, 0.3) is 0 Å². The van der Waals surface area contributed by atoms with E-state index in [1.165, 1.54) is 15.6 Å². The van der Waals surface area contributed by atoms with Gasteiger partial charge in [0.1, 0.15) is 5.75 Å². The maximum atomic E-state index is 12.5. The number of methoxy groups -OCH3 is 1. The summed E-state index contributed by atoms with van der Waals surface area (Å²) >= 11 is 1.35. The first kappa shape index (κ1) is 16.0. The van der Waals surface area contributed by atoms with Crippen molar-refractivity contribution in [3.8, 4) is 5.75 Å². The maximum Gasteiger partial charge on any atom is 0.243 e. The van der Waals surface area contributed by atoms with Gasteiger partial charge in [-0.25, -0.2) is 8.42 Å². The van der Waals surface area contributed by atoms with E-state index in [0.29, 0.717) is 12.3 Å². The summed E-state index contributed by atoms with van der Waals surface area (Å²) in [6.07, 6.45) is 0. The van der Waals surface area contributed by atoms with E-state index in [1.54, 1.807) is 25.6 Å². The van der Waals surface area contributed by atoms with Gasteiger partial charge in [-0.3, -0.25) is 0 Å². The van der Waals surface area contributed by atoms with Crippen LogP contribution in [0.5, 0.6) is 5.75 Å². The first-order chi connectivity index (χ1) is 9.98. The van der Waals surface area contributed by atoms with Gasteiger partial charge in [0, 0.05) is 36.0 Å². The van der Waals surface area contributed by atoms with Gasteiger partial charge in [-0.15, -0.1) is 11.3 Å². The SMILES string of the molecule is COc1ccccc1CN(C)S(=O)(=O)c1csc(CN)c1. The normalized spacial score (nSPS) is 11.8. The highest BCUT2D eigenvalue weighted by Gasteiger charge is 2.23. The Morgan fingerprint density at radius 2 is 2.05 bits per heavy atom. The number of para-hydroxylation sites is 1. The van der Waals surface area contributed by atoms with Crippen molar-refractivity contribution in [1.29, 1.82) is 0 Å². The highest BCUT2D eigenvalue weighted by molar-refractivity contribution is 7.89. The number of thiophene rings is 1. The van der Waals surface area contributed by atoms with Gasteiger partial charge in [-0.2, -0.15) is 4.31 Å². The molecule has 0 atom stereocenters. The van der Waals surface area contributed by atoms with Gasteiger partial charge < -0.3 is 10.5 Å². The topological polar surface area (TPSA) is 72.6 Å². The zero-order valence-electron chi connectivity index (χ0n) is 11.9. The lowest BCUT2D eigenvalue weighted by atomic mass is 10.2. The highest BCUT2D eigenvalue weighted by atomic mass is 32.2. The molecule has 21 heavy (non-hydrogen) atoms. The molecule has 0 aliphatic carbocycles. The lowest BCUT2D eigenvalue weighted by Crippen LogP contribution is -2.26. The maximum absolute atomic E-state index is 12.5. The van der Waals surface area contributed by atoms with Crippen molar-refractivity contribution >= 4 is 21.4 Å². The summed E-state index contributed by atoms with van der Waals surface area (Å²) in [6, 6.07) is 8.99. The number of nitrogens with zero attached hydrogens (tertiary/aromatic N) is 1. The van der Waals surface area contributed by atoms with Gasteiger partial charge in [0.15, 0.2) is 0 Å². The number of ether oxygens (including phenoxy) is 1. The average molecular weight is 326 g/mol. The van der Waals surface area contributed by atoms with Crippen molar-refractivity contribution in [2.45, 2.75) is 18.0 Å². The van der Waals surface area contributed by atoms with Crippen molar-refractivity contribution in [2.24, 2.45) is 5.73 Å². The summed E-state index contributed by atoms with van der Waals surface area (Å²) in [7, 11) is -0.392. The minimum absolute atomic E-state index is 0.250. The molecule has 1 aromatic carbocycles. The molecule has 0 bridgehead atoms. The Kier molecular flexibility index (Phi) is 5.00. The Balaban J connectivity index is 2.24. The van der Waals surface area contributed by atoms with Crippen LogP contribution in [-0.4, -0.2) is 26.9 Å². The van der Waals surface area contributed by atoms with Gasteiger partial charge >= 0.3 is 0 Å². The van der Waals surface area contributed by atoms with Crippen LogP contribution in [-0.2, 0) is 23.1 Å². The molecule has 1 aromatic heterocycles. The van der Waals surface area contributed by atoms with Crippen LogP contribution in [0.2, 0.25) is 0 Å². The largest absolute Gasteiger partial charge is 0.496 e. The third kappa shape index (κ3) is 3.44. The molecule has 5 nitrogen and oxygen atoms in total. The first-order valence-electron chi connectivity index (χ1n) is 6.34. The Labute approximate surface area is 129 Å². The van der Waals surface area contributed by atoms with Crippen molar-refractivity contribution in [1.82, 2.24) is 4.31 Å². The van der Waals surface area contributed by atoms with E-state index >= 15 is 0 Å². The number of benzene rings is 1. The Morgan fingerprint density at radius 3 is 2.67 bits per heavy atom. The molecule has 114 valence electrons. The van der Waals surface area contributed by atoms with Crippen LogP contribution in [0.15, 0.2) is 40.6 Å². The van der Waals surface area contributed by atoms with Crippen LogP contribution in [0.1, 0.15) is 10.4 Å². The van der Waals surface area contributed by atoms with Crippen molar-refractivity contribution < 1.29 is 13.2 Å². The summed E-state index contributed by atoms with van der Waals surface area (Å²) in [6.45, 7) is 0.594. The molecule has 0 radical (unpaired) electrons. The molecule has 0 unspecified atom stereocenters. The van der Waals surface area contributed by atoms with Gasteiger partial charge in [0.05, 0.1) is 12.0 Å². The summed E-state index contributed by atoms with van der Waals surface area (Å²) < 4.78 is 31.6. The fourth-order valence-electron chi connectivity index (χ4n) is 1.94. The summed E-state index contributed by atoms with van der Waals surface area (Å²) in [5.74, 6) is 0.674. The zero-order chi connectivity index (χ0) is 15.5. The van der Waals surface area contributed by atoms with Crippen molar-refractivity contribution in [3.63, 3.8) is 0 Å². The van der Waals surface area contributed by atoms with E-state index in [1.807, 2.05) is 24.3 Å². The Morgan fingerprint density at radius 1 is 1.33 bits per heavy atom. The first-order valence-corrected chi connectivity index (χ1v) is 8.66. The summed E-state index contributed by atoms with van der Waals surface area (Å²) in [4.78, 5) is 1.13. The van der Waals surface area contributed by atoms with E-state index in [2.05, 4.69) is 0 Å². The fourth-order valence-corrected chi connectivity index (χ4v) is 4.23. The minimum atomic E-state index is -3.52. The standard InChI is InChI=1S/C14H18N2O3S2/c1-16(9-11-5-3-4-6-14(11)19-2)21(17,18)13-7-12(8-15)20-10-13/h3-7,10H,8-9,15H2,1-2H3. The molecule has 2 rings (SSSR count). The smallest absolute Gasteiger partial charge is 0.243 e. The second-order valence-corrected chi connectivity index (χ2v) is 7.57. The molecule has 2 aromatic rings. The second-order valence-electron chi connectivity index (χ2n) is 4.53. The van der Waals surface area contributed by atoms with Crippen molar-refractivity contribution in [2.75, 3.05) is 14.2 Å². The molecule has 0 aliphatic rings. The van der Waals surface area contributed by atoms with Gasteiger partial charge in [0.2, 0.25) is 10.0 Å². The van der Waals surface area contributed by atoms with Crippen LogP contribution in [0.3, 0.4) is 0 Å². The lowest BCUT2D eigenvalue weighted by Gasteiger charge is -2.18. The highest BCUT2D eigenvalue weighted by Crippen LogP contribution is 2.25. The van der Waals surface area contributed by atoms with Crippen molar-refractivity contribution in [3.05, 3.63) is 46.2 Å². The molecule has 2 N–H and O–H groups in total. The van der Waals surface area contributed by atoms with E-state index < -0.39 is 10.0 Å². The van der Waals surface area contributed by atoms with E-state index in [4.69, 9.17) is 10.5 Å². The summed E-state index contributed by atoms with van der Waals surface area (Å²) in [5.41, 5.74) is 6.35. The molecule has 0 amide bonds. The van der Waals surface area contributed by atoms with Gasteiger partial charge in [-0.1, -0.05) is 18.2 Å². The monoisotopic (exact) mass is 326 g/mol.